The van der Waals surface area contributed by atoms with E-state index in [0.717, 1.165) is 31.6 Å². The third-order valence-corrected chi connectivity index (χ3v) is 4.89. The first-order valence-electron chi connectivity index (χ1n) is 7.94. The average Bonchev–Trinajstić information content (AvgIpc) is 2.59. The highest BCUT2D eigenvalue weighted by Gasteiger charge is 2.33. The number of rotatable bonds is 1. The van der Waals surface area contributed by atoms with E-state index in [2.05, 4.69) is 4.90 Å². The van der Waals surface area contributed by atoms with Crippen LogP contribution in [0.1, 0.15) is 51.1 Å². The van der Waals surface area contributed by atoms with Gasteiger partial charge in [-0.25, -0.2) is 0 Å². The molecule has 0 spiro atoms. The van der Waals surface area contributed by atoms with E-state index in [1.165, 1.54) is 6.42 Å². The summed E-state index contributed by atoms with van der Waals surface area (Å²) in [5.74, 6) is -0.191. The lowest BCUT2D eigenvalue weighted by atomic mass is 9.83. The standard InChI is InChI=1S/C19H16ClNO2/c20-12-10-15-17(16(11-12)21-8-4-1-5-9-21)19(23)14-7-3-2-6-13(14)18(15)22/h2-3,6-7,10-11H,1,4-5,8-9H2. The van der Waals surface area contributed by atoms with Gasteiger partial charge in [0.15, 0.2) is 11.6 Å². The smallest absolute Gasteiger partial charge is 0.196 e. The first-order chi connectivity index (χ1) is 11.2. The second kappa shape index (κ2) is 5.50. The molecule has 1 heterocycles. The highest BCUT2D eigenvalue weighted by atomic mass is 35.5. The minimum Gasteiger partial charge on any atom is -0.371 e. The zero-order valence-electron chi connectivity index (χ0n) is 12.6. The summed E-state index contributed by atoms with van der Waals surface area (Å²) in [7, 11) is 0. The van der Waals surface area contributed by atoms with E-state index >= 15 is 0 Å². The van der Waals surface area contributed by atoms with Gasteiger partial charge in [-0.2, -0.15) is 0 Å². The van der Waals surface area contributed by atoms with Crippen molar-refractivity contribution in [2.75, 3.05) is 18.0 Å². The van der Waals surface area contributed by atoms with Crippen LogP contribution in [-0.4, -0.2) is 24.7 Å². The maximum Gasteiger partial charge on any atom is 0.196 e. The summed E-state index contributed by atoms with van der Waals surface area (Å²) in [4.78, 5) is 28.0. The second-order valence-electron chi connectivity index (χ2n) is 6.10. The maximum atomic E-state index is 13.0. The van der Waals surface area contributed by atoms with Crippen molar-refractivity contribution in [3.63, 3.8) is 0 Å². The summed E-state index contributed by atoms with van der Waals surface area (Å²) in [6.07, 6.45) is 3.40. The molecule has 1 fully saturated rings. The molecule has 116 valence electrons. The number of halogens is 1. The SMILES string of the molecule is O=C1c2ccccc2C(=O)c2c1cc(Cl)cc2N1CCCCC1. The van der Waals surface area contributed by atoms with Crippen molar-refractivity contribution in [3.8, 4) is 0 Å². The van der Waals surface area contributed by atoms with Crippen LogP contribution in [0.25, 0.3) is 0 Å². The molecular formula is C19H16ClNO2. The fourth-order valence-corrected chi connectivity index (χ4v) is 3.77. The van der Waals surface area contributed by atoms with E-state index in [-0.39, 0.29) is 11.6 Å². The molecule has 4 heteroatoms. The Morgan fingerprint density at radius 2 is 1.48 bits per heavy atom. The van der Waals surface area contributed by atoms with E-state index in [0.29, 0.717) is 27.3 Å². The van der Waals surface area contributed by atoms with Crippen LogP contribution in [-0.2, 0) is 0 Å². The van der Waals surface area contributed by atoms with Gasteiger partial charge in [-0.15, -0.1) is 0 Å². The molecule has 0 saturated carbocycles. The molecule has 3 nitrogen and oxygen atoms in total. The normalized spacial score (nSPS) is 17.0. The maximum absolute atomic E-state index is 13.0. The van der Waals surface area contributed by atoms with Crippen LogP contribution in [0, 0.1) is 0 Å². The van der Waals surface area contributed by atoms with Gasteiger partial charge < -0.3 is 4.90 Å². The van der Waals surface area contributed by atoms with Gasteiger partial charge in [0.05, 0.1) is 11.3 Å². The Morgan fingerprint density at radius 1 is 0.826 bits per heavy atom. The largest absolute Gasteiger partial charge is 0.371 e. The molecule has 0 aromatic heterocycles. The van der Waals surface area contributed by atoms with Gasteiger partial charge in [0.1, 0.15) is 0 Å². The first kappa shape index (κ1) is 14.5. The Kier molecular flexibility index (Phi) is 3.46. The topological polar surface area (TPSA) is 37.4 Å². The van der Waals surface area contributed by atoms with E-state index < -0.39 is 0 Å². The van der Waals surface area contributed by atoms with Crippen LogP contribution in [0.5, 0.6) is 0 Å². The minimum absolute atomic E-state index is 0.0764. The predicted octanol–water partition coefficient (Wildman–Crippen LogP) is 4.11. The number of benzene rings is 2. The lowest BCUT2D eigenvalue weighted by Gasteiger charge is -2.32. The number of ketones is 2. The predicted molar refractivity (Wildman–Crippen MR) is 90.8 cm³/mol. The van der Waals surface area contributed by atoms with E-state index in [4.69, 9.17) is 11.6 Å². The summed E-state index contributed by atoms with van der Waals surface area (Å²) >= 11 is 6.25. The number of fused-ring (bicyclic) bond motifs is 2. The molecule has 0 amide bonds. The quantitative estimate of drug-likeness (QED) is 0.676. The number of anilines is 1. The Bertz CT molecular complexity index is 822. The van der Waals surface area contributed by atoms with Crippen molar-refractivity contribution in [1.29, 1.82) is 0 Å². The molecule has 2 aromatic rings. The third kappa shape index (κ3) is 2.27. The third-order valence-electron chi connectivity index (χ3n) is 4.67. The lowest BCUT2D eigenvalue weighted by molar-refractivity contribution is 0.0979. The fraction of sp³-hybridized carbons (Fsp3) is 0.263. The van der Waals surface area contributed by atoms with Crippen molar-refractivity contribution in [2.24, 2.45) is 0 Å². The van der Waals surface area contributed by atoms with Gasteiger partial charge in [0.2, 0.25) is 0 Å². The summed E-state index contributed by atoms with van der Waals surface area (Å²) in [6.45, 7) is 1.80. The highest BCUT2D eigenvalue weighted by Crippen LogP contribution is 2.37. The molecule has 0 N–H and O–H groups in total. The number of piperidine rings is 1. The van der Waals surface area contributed by atoms with Crippen LogP contribution >= 0.6 is 11.6 Å². The van der Waals surface area contributed by atoms with Crippen LogP contribution < -0.4 is 4.90 Å². The van der Waals surface area contributed by atoms with Crippen molar-refractivity contribution in [2.45, 2.75) is 19.3 Å². The van der Waals surface area contributed by atoms with Crippen LogP contribution in [0.15, 0.2) is 36.4 Å². The Balaban J connectivity index is 1.93. The second-order valence-corrected chi connectivity index (χ2v) is 6.54. The molecular weight excluding hydrogens is 310 g/mol. The van der Waals surface area contributed by atoms with E-state index in [1.807, 2.05) is 6.07 Å². The molecule has 1 aliphatic heterocycles. The van der Waals surface area contributed by atoms with Crippen LogP contribution in [0.4, 0.5) is 5.69 Å². The van der Waals surface area contributed by atoms with Crippen LogP contribution in [0.3, 0.4) is 0 Å². The molecule has 0 unspecified atom stereocenters. The van der Waals surface area contributed by atoms with Crippen molar-refractivity contribution < 1.29 is 9.59 Å². The molecule has 23 heavy (non-hydrogen) atoms. The number of hydrogen-bond acceptors (Lipinski definition) is 3. The molecule has 0 atom stereocenters. The van der Waals surface area contributed by atoms with Gasteiger partial charge in [-0.05, 0) is 31.4 Å². The van der Waals surface area contributed by atoms with Gasteiger partial charge in [0.25, 0.3) is 0 Å². The monoisotopic (exact) mass is 325 g/mol. The Labute approximate surface area is 139 Å². The number of carbonyl (C=O) groups is 2. The summed E-state index contributed by atoms with van der Waals surface area (Å²) in [5.41, 5.74) is 2.71. The summed E-state index contributed by atoms with van der Waals surface area (Å²) in [6, 6.07) is 10.5. The zero-order chi connectivity index (χ0) is 16.0. The van der Waals surface area contributed by atoms with Gasteiger partial charge in [0, 0.05) is 34.8 Å². The first-order valence-corrected chi connectivity index (χ1v) is 8.31. The molecule has 1 aliphatic carbocycles. The summed E-state index contributed by atoms with van der Waals surface area (Å²) in [5, 5.41) is 0.504. The van der Waals surface area contributed by atoms with Gasteiger partial charge in [-0.3, -0.25) is 9.59 Å². The van der Waals surface area contributed by atoms with Crippen molar-refractivity contribution in [3.05, 3.63) is 63.7 Å². The van der Waals surface area contributed by atoms with Gasteiger partial charge in [-0.1, -0.05) is 35.9 Å². The molecule has 2 aromatic carbocycles. The Morgan fingerprint density at radius 3 is 2.17 bits per heavy atom. The number of hydrogen-bond donors (Lipinski definition) is 0. The zero-order valence-corrected chi connectivity index (χ0v) is 13.4. The summed E-state index contributed by atoms with van der Waals surface area (Å²) < 4.78 is 0. The van der Waals surface area contributed by atoms with E-state index in [1.54, 1.807) is 30.3 Å². The molecule has 0 radical (unpaired) electrons. The highest BCUT2D eigenvalue weighted by molar-refractivity contribution is 6.34. The van der Waals surface area contributed by atoms with Crippen molar-refractivity contribution >= 4 is 28.9 Å². The molecule has 1 saturated heterocycles. The van der Waals surface area contributed by atoms with Crippen molar-refractivity contribution in [1.82, 2.24) is 0 Å². The number of nitrogens with zero attached hydrogens (tertiary/aromatic N) is 1. The van der Waals surface area contributed by atoms with Crippen LogP contribution in [0.2, 0.25) is 5.02 Å². The van der Waals surface area contributed by atoms with Gasteiger partial charge >= 0.3 is 0 Å². The fourth-order valence-electron chi connectivity index (χ4n) is 3.55. The average molecular weight is 326 g/mol. The molecule has 0 bridgehead atoms. The Hall–Kier alpha value is -2.13. The molecule has 2 aliphatic rings. The lowest BCUT2D eigenvalue weighted by Crippen LogP contribution is -2.32. The van der Waals surface area contributed by atoms with E-state index in [9.17, 15) is 9.59 Å². The number of carbonyl (C=O) groups excluding carboxylic acids is 2. The molecule has 4 rings (SSSR count). The minimum atomic E-state index is -0.115.